The van der Waals surface area contributed by atoms with Crippen molar-refractivity contribution in [3.05, 3.63) is 29.8 Å². The van der Waals surface area contributed by atoms with E-state index < -0.39 is 66.1 Å². The molecule has 1 aromatic carbocycles. The van der Waals surface area contributed by atoms with Gasteiger partial charge >= 0.3 is 36.6 Å². The number of hydrogen-bond acceptors (Lipinski definition) is 8. The summed E-state index contributed by atoms with van der Waals surface area (Å²) in [6, 6.07) is 3.36. The number of carbonyl (C=O) groups is 3. The summed E-state index contributed by atoms with van der Waals surface area (Å²) in [7, 11) is 0. The molecule has 1 aromatic rings. The molecule has 2 aliphatic rings. The molecule has 1 amide bonds. The highest BCUT2D eigenvalue weighted by Gasteiger charge is 2.75. The molecule has 2 heterocycles. The van der Waals surface area contributed by atoms with Crippen LogP contribution in [0.1, 0.15) is 5.56 Å². The summed E-state index contributed by atoms with van der Waals surface area (Å²) in [5.74, 6) is -12.6. The summed E-state index contributed by atoms with van der Waals surface area (Å²) < 4.78 is 124. The Morgan fingerprint density at radius 2 is 1.38 bits per heavy atom. The molecule has 0 bridgehead atoms. The Labute approximate surface area is 180 Å². The summed E-state index contributed by atoms with van der Waals surface area (Å²) in [6.07, 6.45) is -16.6. The van der Waals surface area contributed by atoms with Crippen LogP contribution in [0.2, 0.25) is 0 Å². The smallest absolute Gasteiger partial charge is 0.406 e. The van der Waals surface area contributed by atoms with Crippen molar-refractivity contribution in [1.82, 2.24) is 10.6 Å². The summed E-state index contributed by atoms with van der Waals surface area (Å²) in [4.78, 5) is 38.8. The standard InChI is InChI=1S/C16H8F9N3O6/c17-13(18,19)10(30)33-15(34-11(31)14(20,21)22)12(5-26-15)9(29)27-8(28-12)6-1-3-7(4-2-6)32-16(23,24)25/h1-4,26H,5H2,(H,27,28,29). The van der Waals surface area contributed by atoms with Gasteiger partial charge in [-0.1, -0.05) is 0 Å². The third-order valence-electron chi connectivity index (χ3n) is 4.33. The second-order valence-electron chi connectivity index (χ2n) is 6.59. The van der Waals surface area contributed by atoms with E-state index in [2.05, 4.69) is 19.2 Å². The highest BCUT2D eigenvalue weighted by molar-refractivity contribution is 6.16. The van der Waals surface area contributed by atoms with Gasteiger partial charge in [0.1, 0.15) is 11.6 Å². The fourth-order valence-corrected chi connectivity index (χ4v) is 2.81. The van der Waals surface area contributed by atoms with Gasteiger partial charge in [0, 0.05) is 12.1 Å². The molecule has 34 heavy (non-hydrogen) atoms. The molecule has 0 saturated carbocycles. The average molecular weight is 509 g/mol. The zero-order chi connectivity index (χ0) is 25.7. The van der Waals surface area contributed by atoms with Crippen LogP contribution in [0.4, 0.5) is 39.5 Å². The maximum atomic E-state index is 12.7. The lowest BCUT2D eigenvalue weighted by Gasteiger charge is -2.50. The molecule has 1 unspecified atom stereocenters. The van der Waals surface area contributed by atoms with Gasteiger partial charge in [-0.2, -0.15) is 26.3 Å². The third kappa shape index (κ3) is 4.57. The van der Waals surface area contributed by atoms with Gasteiger partial charge < -0.3 is 19.5 Å². The highest BCUT2D eigenvalue weighted by atomic mass is 19.4. The lowest BCUT2D eigenvalue weighted by Crippen LogP contribution is -2.83. The van der Waals surface area contributed by atoms with Crippen LogP contribution in [-0.2, 0) is 23.9 Å². The van der Waals surface area contributed by atoms with Crippen LogP contribution in [0.15, 0.2) is 29.3 Å². The predicted molar refractivity (Wildman–Crippen MR) is 85.6 cm³/mol. The first-order valence-electron chi connectivity index (χ1n) is 8.51. The van der Waals surface area contributed by atoms with Gasteiger partial charge in [-0.05, 0) is 24.3 Å². The third-order valence-corrected chi connectivity index (χ3v) is 4.33. The number of ether oxygens (including phenoxy) is 3. The summed E-state index contributed by atoms with van der Waals surface area (Å²) in [6.45, 7) is -0.853. The lowest BCUT2D eigenvalue weighted by atomic mass is 9.86. The number of carbonyl (C=O) groups excluding carboxylic acids is 3. The minimum absolute atomic E-state index is 0.176. The van der Waals surface area contributed by atoms with E-state index in [1.165, 1.54) is 0 Å². The Hall–Kier alpha value is -3.57. The normalized spacial score (nSPS) is 21.9. The summed E-state index contributed by atoms with van der Waals surface area (Å²) in [5.41, 5.74) is -3.00. The molecule has 0 aliphatic carbocycles. The molecule has 1 fully saturated rings. The van der Waals surface area contributed by atoms with Crippen molar-refractivity contribution in [1.29, 1.82) is 0 Å². The Balaban J connectivity index is 1.98. The number of amidine groups is 1. The van der Waals surface area contributed by atoms with Crippen LogP contribution < -0.4 is 15.4 Å². The van der Waals surface area contributed by atoms with Gasteiger partial charge in [-0.15, -0.1) is 13.2 Å². The number of aliphatic imine (C=N–C) groups is 1. The van der Waals surface area contributed by atoms with E-state index >= 15 is 0 Å². The van der Waals surface area contributed by atoms with Crippen molar-refractivity contribution in [3.8, 4) is 5.75 Å². The van der Waals surface area contributed by atoms with Gasteiger partial charge in [-0.3, -0.25) is 4.79 Å². The number of hydrogen-bond donors (Lipinski definition) is 2. The molecular weight excluding hydrogens is 501 g/mol. The fraction of sp³-hybridized carbons (Fsp3) is 0.375. The first-order valence-corrected chi connectivity index (χ1v) is 8.51. The van der Waals surface area contributed by atoms with Crippen LogP contribution in [-0.4, -0.2) is 60.4 Å². The van der Waals surface area contributed by atoms with E-state index in [1.807, 2.05) is 5.32 Å². The molecule has 0 radical (unpaired) electrons. The van der Waals surface area contributed by atoms with Crippen molar-refractivity contribution >= 4 is 23.7 Å². The van der Waals surface area contributed by atoms with E-state index in [0.29, 0.717) is 0 Å². The predicted octanol–water partition coefficient (Wildman–Crippen LogP) is 1.67. The van der Waals surface area contributed by atoms with Crippen molar-refractivity contribution in [3.63, 3.8) is 0 Å². The Kier molecular flexibility index (Phi) is 5.71. The van der Waals surface area contributed by atoms with Crippen LogP contribution >= 0.6 is 0 Å². The van der Waals surface area contributed by atoms with E-state index in [1.54, 1.807) is 5.32 Å². The number of alkyl halides is 9. The number of rotatable bonds is 4. The number of amides is 1. The van der Waals surface area contributed by atoms with Crippen LogP contribution in [0.25, 0.3) is 0 Å². The molecule has 9 nitrogen and oxygen atoms in total. The average Bonchev–Trinajstić information content (AvgIpc) is 3.04. The molecule has 1 saturated heterocycles. The number of nitrogens with zero attached hydrogens (tertiary/aromatic N) is 1. The maximum absolute atomic E-state index is 12.7. The first kappa shape index (κ1) is 25.1. The molecule has 1 atom stereocenters. The molecule has 3 rings (SSSR count). The fourth-order valence-electron chi connectivity index (χ4n) is 2.81. The lowest BCUT2D eigenvalue weighted by molar-refractivity contribution is -0.318. The van der Waals surface area contributed by atoms with E-state index in [0.717, 1.165) is 24.3 Å². The summed E-state index contributed by atoms with van der Waals surface area (Å²) >= 11 is 0. The maximum Gasteiger partial charge on any atom is 0.573 e. The van der Waals surface area contributed by atoms with Crippen molar-refractivity contribution in [2.45, 2.75) is 30.2 Å². The van der Waals surface area contributed by atoms with Crippen LogP contribution in [0.5, 0.6) is 5.75 Å². The first-order chi connectivity index (χ1) is 15.4. The SMILES string of the molecule is O=C(OC1(OC(=O)C(F)(F)F)NCC12N=C(c1ccc(OC(F)(F)F)cc1)NC2=O)C(F)(F)F. The van der Waals surface area contributed by atoms with Crippen molar-refractivity contribution in [2.75, 3.05) is 6.54 Å². The van der Waals surface area contributed by atoms with Gasteiger partial charge in [0.2, 0.25) is 5.54 Å². The number of halogens is 9. The summed E-state index contributed by atoms with van der Waals surface area (Å²) in [5, 5.41) is 3.71. The molecule has 0 aromatic heterocycles. The minimum atomic E-state index is -5.77. The molecule has 186 valence electrons. The Morgan fingerprint density at radius 3 is 1.76 bits per heavy atom. The molecule has 2 N–H and O–H groups in total. The van der Waals surface area contributed by atoms with E-state index in [4.69, 9.17) is 0 Å². The topological polar surface area (TPSA) is 115 Å². The largest absolute Gasteiger partial charge is 0.573 e. The zero-order valence-corrected chi connectivity index (χ0v) is 15.8. The van der Waals surface area contributed by atoms with Crippen LogP contribution in [0.3, 0.4) is 0 Å². The van der Waals surface area contributed by atoms with Gasteiger partial charge in [0.05, 0.1) is 0 Å². The Morgan fingerprint density at radius 1 is 0.882 bits per heavy atom. The monoisotopic (exact) mass is 509 g/mol. The molecule has 18 heteroatoms. The second kappa shape index (κ2) is 7.74. The second-order valence-corrected chi connectivity index (χ2v) is 6.59. The molecule has 1 spiro atoms. The highest BCUT2D eigenvalue weighted by Crippen LogP contribution is 2.42. The number of nitrogens with one attached hydrogen (secondary N) is 2. The van der Waals surface area contributed by atoms with Gasteiger partial charge in [0.25, 0.3) is 5.91 Å². The quantitative estimate of drug-likeness (QED) is 0.361. The zero-order valence-electron chi connectivity index (χ0n) is 15.8. The van der Waals surface area contributed by atoms with Crippen LogP contribution in [0, 0.1) is 0 Å². The van der Waals surface area contributed by atoms with Crippen molar-refractivity contribution < 1.29 is 68.1 Å². The van der Waals surface area contributed by atoms with E-state index in [-0.39, 0.29) is 5.56 Å². The van der Waals surface area contributed by atoms with Gasteiger partial charge in [0.15, 0.2) is 0 Å². The Bertz CT molecular complexity index is 1020. The number of benzene rings is 1. The number of esters is 2. The molecular formula is C16H8F9N3O6. The minimum Gasteiger partial charge on any atom is -0.406 e. The van der Waals surface area contributed by atoms with Crippen molar-refractivity contribution in [2.24, 2.45) is 4.99 Å². The van der Waals surface area contributed by atoms with E-state index in [9.17, 15) is 53.9 Å². The molecule has 2 aliphatic heterocycles. The van der Waals surface area contributed by atoms with Gasteiger partial charge in [-0.25, -0.2) is 19.9 Å².